The third-order valence-electron chi connectivity index (χ3n) is 4.18. The van der Waals surface area contributed by atoms with Crippen LogP contribution in [0.1, 0.15) is 35.6 Å². The molecule has 1 amide bonds. The van der Waals surface area contributed by atoms with Crippen molar-refractivity contribution in [3.63, 3.8) is 0 Å². The number of hydrogen-bond acceptors (Lipinski definition) is 8. The number of hydrogen-bond donors (Lipinski definition) is 1. The quantitative estimate of drug-likeness (QED) is 0.672. The Bertz CT molecular complexity index is 837. The van der Waals surface area contributed by atoms with E-state index in [9.17, 15) is 14.4 Å². The van der Waals surface area contributed by atoms with E-state index in [1.807, 2.05) is 19.9 Å². The van der Waals surface area contributed by atoms with Crippen LogP contribution in [-0.2, 0) is 19.1 Å². The summed E-state index contributed by atoms with van der Waals surface area (Å²) < 4.78 is 9.81. The van der Waals surface area contributed by atoms with Crippen molar-refractivity contribution in [1.29, 1.82) is 0 Å². The maximum absolute atomic E-state index is 12.3. The van der Waals surface area contributed by atoms with Gasteiger partial charge in [0.1, 0.15) is 15.9 Å². The number of nitrogens with zero attached hydrogens (tertiary/aromatic N) is 2. The van der Waals surface area contributed by atoms with E-state index in [1.54, 1.807) is 25.3 Å². The van der Waals surface area contributed by atoms with Crippen molar-refractivity contribution in [2.45, 2.75) is 33.2 Å². The molecule has 0 spiro atoms. The first-order chi connectivity index (χ1) is 13.4. The Hall–Kier alpha value is -2.81. The number of ether oxygens (including phenoxy) is 2. The average Bonchev–Trinajstić information content (AvgIpc) is 3.11. The smallest absolute Gasteiger partial charge is 0.350 e. The summed E-state index contributed by atoms with van der Waals surface area (Å²) in [6.45, 7) is 4.92. The lowest BCUT2D eigenvalue weighted by molar-refractivity contribution is -0.147. The molecule has 9 heteroatoms. The van der Waals surface area contributed by atoms with Gasteiger partial charge in [-0.05, 0) is 25.0 Å². The zero-order chi connectivity index (χ0) is 20.7. The highest BCUT2D eigenvalue weighted by Crippen LogP contribution is 2.26. The summed E-state index contributed by atoms with van der Waals surface area (Å²) in [5, 5.41) is 3.15. The van der Waals surface area contributed by atoms with Crippen molar-refractivity contribution in [2.24, 2.45) is 5.92 Å². The monoisotopic (exact) mass is 405 g/mol. The highest BCUT2D eigenvalue weighted by molar-refractivity contribution is 7.17. The van der Waals surface area contributed by atoms with Gasteiger partial charge in [-0.25, -0.2) is 14.6 Å². The standard InChI is InChI=1S/C19H23N3O5S/c1-5-11(2)15(18(24)26-4)22-14(23)10-27-19(25)16-12(3)21-17(28-16)13-8-6-7-9-20-13/h6-9,11,15H,5,10H2,1-4H3,(H,22,23)/t11-,15+/m1/s1. The highest BCUT2D eigenvalue weighted by Gasteiger charge is 2.27. The molecule has 0 fully saturated rings. The summed E-state index contributed by atoms with van der Waals surface area (Å²) in [5.41, 5.74) is 1.16. The third-order valence-corrected chi connectivity index (χ3v) is 5.34. The Labute approximate surface area is 167 Å². The normalized spacial score (nSPS) is 12.7. The molecule has 0 bridgehead atoms. The van der Waals surface area contributed by atoms with Crippen LogP contribution in [0.25, 0.3) is 10.7 Å². The van der Waals surface area contributed by atoms with Crippen LogP contribution in [0, 0.1) is 12.8 Å². The van der Waals surface area contributed by atoms with Crippen LogP contribution in [0.2, 0.25) is 0 Å². The van der Waals surface area contributed by atoms with E-state index in [1.165, 1.54) is 7.11 Å². The molecular weight excluding hydrogens is 382 g/mol. The van der Waals surface area contributed by atoms with Crippen molar-refractivity contribution in [3.8, 4) is 10.7 Å². The lowest BCUT2D eigenvalue weighted by Gasteiger charge is -2.21. The van der Waals surface area contributed by atoms with Crippen LogP contribution >= 0.6 is 11.3 Å². The molecule has 2 heterocycles. The van der Waals surface area contributed by atoms with E-state index < -0.39 is 30.5 Å². The lowest BCUT2D eigenvalue weighted by atomic mass is 9.99. The molecule has 0 aromatic carbocycles. The van der Waals surface area contributed by atoms with E-state index in [0.717, 1.165) is 11.3 Å². The molecule has 1 N–H and O–H groups in total. The predicted octanol–water partition coefficient (Wildman–Crippen LogP) is 2.37. The van der Waals surface area contributed by atoms with Crippen LogP contribution in [0.3, 0.4) is 0 Å². The predicted molar refractivity (Wildman–Crippen MR) is 104 cm³/mol. The zero-order valence-corrected chi connectivity index (χ0v) is 17.0. The largest absolute Gasteiger partial charge is 0.467 e. The molecule has 0 aliphatic carbocycles. The van der Waals surface area contributed by atoms with Crippen LogP contribution < -0.4 is 5.32 Å². The number of esters is 2. The summed E-state index contributed by atoms with van der Waals surface area (Å²) in [5.74, 6) is -1.87. The van der Waals surface area contributed by atoms with Gasteiger partial charge < -0.3 is 14.8 Å². The first kappa shape index (κ1) is 21.5. The number of aromatic nitrogens is 2. The molecule has 8 nitrogen and oxygen atoms in total. The van der Waals surface area contributed by atoms with Gasteiger partial charge in [0, 0.05) is 6.20 Å². The Balaban J connectivity index is 1.99. The van der Waals surface area contributed by atoms with Crippen molar-refractivity contribution < 1.29 is 23.9 Å². The first-order valence-electron chi connectivity index (χ1n) is 8.80. The van der Waals surface area contributed by atoms with E-state index in [-0.39, 0.29) is 5.92 Å². The van der Waals surface area contributed by atoms with Crippen LogP contribution in [-0.4, -0.2) is 47.6 Å². The number of rotatable bonds is 8. The molecule has 2 aromatic rings. The highest BCUT2D eigenvalue weighted by atomic mass is 32.1. The fourth-order valence-electron chi connectivity index (χ4n) is 2.39. The summed E-state index contributed by atoms with van der Waals surface area (Å²) in [4.78, 5) is 45.1. The van der Waals surface area contributed by atoms with Gasteiger partial charge in [0.2, 0.25) is 0 Å². The van der Waals surface area contributed by atoms with Gasteiger partial charge in [-0.3, -0.25) is 9.78 Å². The number of thiazole rings is 1. The van der Waals surface area contributed by atoms with E-state index in [4.69, 9.17) is 9.47 Å². The maximum atomic E-state index is 12.3. The summed E-state index contributed by atoms with van der Waals surface area (Å²) >= 11 is 1.15. The molecule has 0 radical (unpaired) electrons. The number of carbonyl (C=O) groups is 3. The fourth-order valence-corrected chi connectivity index (χ4v) is 3.33. The molecule has 2 rings (SSSR count). The van der Waals surface area contributed by atoms with Crippen LogP contribution in [0.5, 0.6) is 0 Å². The summed E-state index contributed by atoms with van der Waals surface area (Å²) in [6, 6.07) is 4.62. The fraction of sp³-hybridized carbons (Fsp3) is 0.421. The molecule has 0 saturated carbocycles. The summed E-state index contributed by atoms with van der Waals surface area (Å²) in [6.07, 6.45) is 2.32. The number of amides is 1. The van der Waals surface area contributed by atoms with Crippen molar-refractivity contribution in [1.82, 2.24) is 15.3 Å². The topological polar surface area (TPSA) is 107 Å². The summed E-state index contributed by atoms with van der Waals surface area (Å²) in [7, 11) is 1.26. The molecule has 28 heavy (non-hydrogen) atoms. The molecule has 0 unspecified atom stereocenters. The van der Waals surface area contributed by atoms with E-state index >= 15 is 0 Å². The van der Waals surface area contributed by atoms with Gasteiger partial charge in [-0.15, -0.1) is 11.3 Å². The van der Waals surface area contributed by atoms with Gasteiger partial charge in [-0.1, -0.05) is 26.3 Å². The number of nitrogens with one attached hydrogen (secondary N) is 1. The lowest BCUT2D eigenvalue weighted by Crippen LogP contribution is -2.47. The molecule has 2 atom stereocenters. The van der Waals surface area contributed by atoms with Crippen molar-refractivity contribution in [2.75, 3.05) is 13.7 Å². The second-order valence-corrected chi connectivity index (χ2v) is 7.18. The van der Waals surface area contributed by atoms with Gasteiger partial charge in [0.15, 0.2) is 6.61 Å². The number of methoxy groups -OCH3 is 1. The molecule has 0 aliphatic heterocycles. The van der Waals surface area contributed by atoms with Gasteiger partial charge in [0.25, 0.3) is 5.91 Å². The Morgan fingerprint density at radius 1 is 1.29 bits per heavy atom. The minimum atomic E-state index is -0.790. The van der Waals surface area contributed by atoms with E-state index in [0.29, 0.717) is 27.7 Å². The minimum Gasteiger partial charge on any atom is -0.467 e. The van der Waals surface area contributed by atoms with Gasteiger partial charge in [-0.2, -0.15) is 0 Å². The van der Waals surface area contributed by atoms with Gasteiger partial charge in [0.05, 0.1) is 18.5 Å². The number of pyridine rings is 1. The first-order valence-corrected chi connectivity index (χ1v) is 9.62. The van der Waals surface area contributed by atoms with Crippen molar-refractivity contribution >= 4 is 29.2 Å². The third kappa shape index (κ3) is 5.35. The number of aryl methyl sites for hydroxylation is 1. The second-order valence-electron chi connectivity index (χ2n) is 6.18. The SMILES string of the molecule is CC[C@@H](C)[C@H](NC(=O)COC(=O)c1sc(-c2ccccn2)nc1C)C(=O)OC. The molecule has 0 saturated heterocycles. The zero-order valence-electron chi connectivity index (χ0n) is 16.2. The Morgan fingerprint density at radius 2 is 2.04 bits per heavy atom. The van der Waals surface area contributed by atoms with E-state index in [2.05, 4.69) is 15.3 Å². The average molecular weight is 405 g/mol. The Kier molecular flexibility index (Phi) is 7.62. The molecule has 0 aliphatic rings. The minimum absolute atomic E-state index is 0.114. The molecule has 2 aromatic heterocycles. The number of carbonyl (C=O) groups excluding carboxylic acids is 3. The van der Waals surface area contributed by atoms with Crippen LogP contribution in [0.15, 0.2) is 24.4 Å². The second kappa shape index (κ2) is 9.93. The van der Waals surface area contributed by atoms with Crippen LogP contribution in [0.4, 0.5) is 0 Å². The van der Waals surface area contributed by atoms with Gasteiger partial charge >= 0.3 is 11.9 Å². The molecule has 150 valence electrons. The Morgan fingerprint density at radius 3 is 2.64 bits per heavy atom. The molecular formula is C19H23N3O5S. The van der Waals surface area contributed by atoms with Crippen molar-refractivity contribution in [3.05, 3.63) is 35.0 Å². The maximum Gasteiger partial charge on any atom is 0.350 e.